The number of rotatable bonds is 3. The lowest BCUT2D eigenvalue weighted by Crippen LogP contribution is -2.42. The smallest absolute Gasteiger partial charge is 0.271 e. The van der Waals surface area contributed by atoms with Gasteiger partial charge in [-0.05, 0) is 30.7 Å². The van der Waals surface area contributed by atoms with Gasteiger partial charge in [0.05, 0.1) is 28.8 Å². The molecule has 0 bridgehead atoms. The van der Waals surface area contributed by atoms with Crippen LogP contribution in [0.2, 0.25) is 0 Å². The summed E-state index contributed by atoms with van der Waals surface area (Å²) in [6.45, 7) is 0. The van der Waals surface area contributed by atoms with E-state index < -0.39 is 21.8 Å². The van der Waals surface area contributed by atoms with Crippen LogP contribution in [0.4, 0.5) is 5.69 Å². The van der Waals surface area contributed by atoms with Gasteiger partial charge in [0.25, 0.3) is 5.91 Å². The standard InChI is InChI=1S/C18H18N4O4S/c23-17-7-6-16(21-22(17)12-8-10-27(25,26)11-12)18(24)20-15-5-1-4-14-13(15)3-2-9-19-14/h1-5,9,12H,6-8,10-11H2,(H,20,24). The van der Waals surface area contributed by atoms with E-state index in [9.17, 15) is 18.0 Å². The first kappa shape index (κ1) is 17.6. The van der Waals surface area contributed by atoms with E-state index in [1.165, 1.54) is 5.01 Å². The van der Waals surface area contributed by atoms with E-state index in [2.05, 4.69) is 15.4 Å². The Bertz CT molecular complexity index is 1060. The molecule has 1 aromatic heterocycles. The van der Waals surface area contributed by atoms with Crippen LogP contribution in [0, 0.1) is 0 Å². The SMILES string of the molecule is O=C(Nc1cccc2ncccc12)C1=NN(C2CCS(=O)(=O)C2)C(=O)CC1. The van der Waals surface area contributed by atoms with Crippen LogP contribution in [0.5, 0.6) is 0 Å². The van der Waals surface area contributed by atoms with Crippen LogP contribution >= 0.6 is 0 Å². The van der Waals surface area contributed by atoms with E-state index >= 15 is 0 Å². The van der Waals surface area contributed by atoms with Crippen molar-refractivity contribution < 1.29 is 18.0 Å². The van der Waals surface area contributed by atoms with Crippen LogP contribution in [0.1, 0.15) is 19.3 Å². The maximum Gasteiger partial charge on any atom is 0.271 e. The molecule has 1 fully saturated rings. The zero-order valence-electron chi connectivity index (χ0n) is 14.5. The predicted octanol–water partition coefficient (Wildman–Crippen LogP) is 1.34. The lowest BCUT2D eigenvalue weighted by atomic mass is 10.1. The molecule has 4 rings (SSSR count). The normalized spacial score (nSPS) is 21.9. The molecule has 27 heavy (non-hydrogen) atoms. The van der Waals surface area contributed by atoms with E-state index in [4.69, 9.17) is 0 Å². The summed E-state index contributed by atoms with van der Waals surface area (Å²) in [7, 11) is -3.15. The molecule has 8 nitrogen and oxygen atoms in total. The van der Waals surface area contributed by atoms with Gasteiger partial charge in [-0.2, -0.15) is 5.10 Å². The largest absolute Gasteiger partial charge is 0.320 e. The molecule has 2 aromatic rings. The average Bonchev–Trinajstić information content (AvgIpc) is 3.02. The maximum absolute atomic E-state index is 12.7. The Labute approximate surface area is 156 Å². The lowest BCUT2D eigenvalue weighted by molar-refractivity contribution is -0.133. The first-order chi connectivity index (χ1) is 12.9. The summed E-state index contributed by atoms with van der Waals surface area (Å²) < 4.78 is 23.4. The highest BCUT2D eigenvalue weighted by Gasteiger charge is 2.37. The highest BCUT2D eigenvalue weighted by Crippen LogP contribution is 2.24. The Kier molecular flexibility index (Phi) is 4.39. The van der Waals surface area contributed by atoms with Crippen molar-refractivity contribution in [2.45, 2.75) is 25.3 Å². The van der Waals surface area contributed by atoms with Gasteiger partial charge in [-0.25, -0.2) is 13.4 Å². The van der Waals surface area contributed by atoms with Gasteiger partial charge in [-0.15, -0.1) is 0 Å². The Morgan fingerprint density at radius 1 is 1.19 bits per heavy atom. The second kappa shape index (κ2) is 6.73. The molecule has 3 heterocycles. The third kappa shape index (κ3) is 3.55. The van der Waals surface area contributed by atoms with Crippen molar-refractivity contribution in [2.24, 2.45) is 5.10 Å². The molecular weight excluding hydrogens is 368 g/mol. The molecule has 0 radical (unpaired) electrons. The summed E-state index contributed by atoms with van der Waals surface area (Å²) in [4.78, 5) is 29.1. The average molecular weight is 386 g/mol. The van der Waals surface area contributed by atoms with Crippen LogP contribution < -0.4 is 5.32 Å². The summed E-state index contributed by atoms with van der Waals surface area (Å²) in [6, 6.07) is 8.58. The first-order valence-electron chi connectivity index (χ1n) is 8.68. The van der Waals surface area contributed by atoms with Crippen molar-refractivity contribution in [2.75, 3.05) is 16.8 Å². The minimum Gasteiger partial charge on any atom is -0.320 e. The molecule has 1 aromatic carbocycles. The Balaban J connectivity index is 1.57. The van der Waals surface area contributed by atoms with E-state index in [0.29, 0.717) is 12.1 Å². The third-order valence-corrected chi connectivity index (χ3v) is 6.52. The van der Waals surface area contributed by atoms with Crippen LogP contribution in [0.25, 0.3) is 10.9 Å². The molecule has 9 heteroatoms. The number of pyridine rings is 1. The fraction of sp³-hybridized carbons (Fsp3) is 0.333. The molecule has 2 amide bonds. The van der Waals surface area contributed by atoms with E-state index in [0.717, 1.165) is 10.9 Å². The Morgan fingerprint density at radius 2 is 2.04 bits per heavy atom. The summed E-state index contributed by atoms with van der Waals surface area (Å²) in [5, 5.41) is 9.02. The van der Waals surface area contributed by atoms with Gasteiger partial charge in [0.15, 0.2) is 9.84 Å². The van der Waals surface area contributed by atoms with Gasteiger partial charge in [0.2, 0.25) is 5.91 Å². The van der Waals surface area contributed by atoms with Gasteiger partial charge in [-0.3, -0.25) is 14.6 Å². The molecule has 140 valence electrons. The monoisotopic (exact) mass is 386 g/mol. The summed E-state index contributed by atoms with van der Waals surface area (Å²) in [6.07, 6.45) is 2.39. The number of aromatic nitrogens is 1. The van der Waals surface area contributed by atoms with Crippen LogP contribution in [-0.2, 0) is 19.4 Å². The number of fused-ring (bicyclic) bond motifs is 1. The van der Waals surface area contributed by atoms with Gasteiger partial charge in [-0.1, -0.05) is 6.07 Å². The van der Waals surface area contributed by atoms with Crippen LogP contribution in [0.15, 0.2) is 41.6 Å². The number of sulfone groups is 1. The molecule has 0 spiro atoms. The van der Waals surface area contributed by atoms with Gasteiger partial charge in [0.1, 0.15) is 5.71 Å². The number of hydrogen-bond acceptors (Lipinski definition) is 6. The highest BCUT2D eigenvalue weighted by atomic mass is 32.2. The molecule has 1 atom stereocenters. The topological polar surface area (TPSA) is 109 Å². The van der Waals surface area contributed by atoms with E-state index in [-0.39, 0.29) is 36.0 Å². The molecule has 1 saturated heterocycles. The summed E-state index contributed by atoms with van der Waals surface area (Å²) in [5.41, 5.74) is 1.59. The van der Waals surface area contributed by atoms with Crippen molar-refractivity contribution in [1.82, 2.24) is 9.99 Å². The number of anilines is 1. The molecule has 1 unspecified atom stereocenters. The van der Waals surface area contributed by atoms with E-state index in [1.807, 2.05) is 12.1 Å². The summed E-state index contributed by atoms with van der Waals surface area (Å²) in [5.74, 6) is -0.708. The zero-order valence-corrected chi connectivity index (χ0v) is 15.3. The number of carbonyl (C=O) groups is 2. The number of carbonyl (C=O) groups excluding carboxylic acids is 2. The third-order valence-electron chi connectivity index (χ3n) is 4.77. The number of amides is 2. The van der Waals surface area contributed by atoms with Crippen molar-refractivity contribution in [3.63, 3.8) is 0 Å². The molecular formula is C18H18N4O4S. The van der Waals surface area contributed by atoms with Crippen molar-refractivity contribution in [3.05, 3.63) is 36.5 Å². The quantitative estimate of drug-likeness (QED) is 0.856. The second-order valence-corrected chi connectivity index (χ2v) is 8.90. The Hall–Kier alpha value is -2.81. The number of benzene rings is 1. The molecule has 1 N–H and O–H groups in total. The molecule has 2 aliphatic rings. The molecule has 0 saturated carbocycles. The minimum atomic E-state index is -3.15. The number of hydrogen-bond donors (Lipinski definition) is 1. The van der Waals surface area contributed by atoms with Gasteiger partial charge in [0, 0.05) is 24.4 Å². The lowest BCUT2D eigenvalue weighted by Gasteiger charge is -2.27. The number of nitrogens with zero attached hydrogens (tertiary/aromatic N) is 3. The van der Waals surface area contributed by atoms with Crippen LogP contribution in [0.3, 0.4) is 0 Å². The number of nitrogens with one attached hydrogen (secondary N) is 1. The predicted molar refractivity (Wildman–Crippen MR) is 101 cm³/mol. The fourth-order valence-electron chi connectivity index (χ4n) is 3.40. The minimum absolute atomic E-state index is 0.0432. The summed E-state index contributed by atoms with van der Waals surface area (Å²) >= 11 is 0. The Morgan fingerprint density at radius 3 is 2.81 bits per heavy atom. The van der Waals surface area contributed by atoms with E-state index in [1.54, 1.807) is 24.4 Å². The first-order valence-corrected chi connectivity index (χ1v) is 10.5. The second-order valence-electron chi connectivity index (χ2n) is 6.67. The van der Waals surface area contributed by atoms with Crippen molar-refractivity contribution in [3.8, 4) is 0 Å². The number of hydrazone groups is 1. The van der Waals surface area contributed by atoms with Crippen molar-refractivity contribution in [1.29, 1.82) is 0 Å². The maximum atomic E-state index is 12.7. The zero-order chi connectivity index (χ0) is 19.0. The van der Waals surface area contributed by atoms with Gasteiger partial charge < -0.3 is 5.32 Å². The highest BCUT2D eigenvalue weighted by molar-refractivity contribution is 7.91. The molecule has 2 aliphatic heterocycles. The van der Waals surface area contributed by atoms with Crippen LogP contribution in [-0.4, -0.2) is 53.5 Å². The fourth-order valence-corrected chi connectivity index (χ4v) is 5.09. The van der Waals surface area contributed by atoms with Gasteiger partial charge >= 0.3 is 0 Å². The molecule has 0 aliphatic carbocycles. The van der Waals surface area contributed by atoms with Crippen molar-refractivity contribution >= 4 is 44.0 Å².